The Balaban J connectivity index is 2.43. The van der Waals surface area contributed by atoms with Gasteiger partial charge in [0.15, 0.2) is 23.1 Å². The molecule has 0 saturated carbocycles. The van der Waals surface area contributed by atoms with Crippen LogP contribution in [0.15, 0.2) is 16.4 Å². The molecule has 0 atom stereocenters. The number of carbonyl (C=O) groups excluding carboxylic acids is 1. The van der Waals surface area contributed by atoms with Gasteiger partial charge in [0.25, 0.3) is 0 Å². The number of nitrogens with zero attached hydrogens (tertiary/aromatic N) is 6. The van der Waals surface area contributed by atoms with Gasteiger partial charge in [0.1, 0.15) is 5.56 Å². The molecule has 110 valence electrons. The topological polar surface area (TPSA) is 173 Å². The van der Waals surface area contributed by atoms with Gasteiger partial charge in [-0.3, -0.25) is 0 Å². The van der Waals surface area contributed by atoms with E-state index in [1.807, 2.05) is 0 Å². The van der Waals surface area contributed by atoms with E-state index in [1.165, 1.54) is 18.0 Å². The van der Waals surface area contributed by atoms with E-state index in [0.717, 1.165) is 0 Å². The zero-order valence-corrected chi connectivity index (χ0v) is 11.3. The van der Waals surface area contributed by atoms with Crippen molar-refractivity contribution in [1.82, 2.24) is 19.7 Å². The van der Waals surface area contributed by atoms with Crippen LogP contribution in [0.5, 0.6) is 0 Å². The normalized spacial score (nSPS) is 11.0. The quantitative estimate of drug-likeness (QED) is 0.529. The summed E-state index contributed by atoms with van der Waals surface area (Å²) in [5.74, 6) is -0.528. The van der Waals surface area contributed by atoms with Gasteiger partial charge >= 0.3 is 5.97 Å². The number of aryl methyl sites for hydroxylation is 1. The fourth-order valence-corrected chi connectivity index (χ4v) is 1.51. The summed E-state index contributed by atoms with van der Waals surface area (Å²) in [6.07, 6.45) is 1.31. The van der Waals surface area contributed by atoms with Crippen LogP contribution >= 0.6 is 0 Å². The number of ether oxygens (including phenoxy) is 1. The number of rotatable bonds is 3. The molecule has 21 heavy (non-hydrogen) atoms. The molecule has 11 nitrogen and oxygen atoms in total. The minimum Gasteiger partial charge on any atom is -0.465 e. The summed E-state index contributed by atoms with van der Waals surface area (Å²) in [7, 11) is 2.84. The molecule has 2 heterocycles. The molecule has 2 rings (SSSR count). The molecule has 0 aliphatic heterocycles. The van der Waals surface area contributed by atoms with Gasteiger partial charge in [0.05, 0.1) is 13.3 Å². The maximum atomic E-state index is 11.6. The van der Waals surface area contributed by atoms with E-state index in [0.29, 0.717) is 0 Å². The van der Waals surface area contributed by atoms with E-state index in [9.17, 15) is 4.79 Å². The van der Waals surface area contributed by atoms with Gasteiger partial charge in [-0.25, -0.2) is 9.48 Å². The zero-order chi connectivity index (χ0) is 15.6. The molecule has 0 spiro atoms. The zero-order valence-electron chi connectivity index (χ0n) is 11.3. The van der Waals surface area contributed by atoms with Crippen LogP contribution in [0.4, 0.5) is 29.1 Å². The van der Waals surface area contributed by atoms with Crippen molar-refractivity contribution in [1.29, 1.82) is 0 Å². The Morgan fingerprint density at radius 1 is 1.24 bits per heavy atom. The van der Waals surface area contributed by atoms with Crippen LogP contribution in [0.1, 0.15) is 10.4 Å². The second kappa shape index (κ2) is 5.40. The Labute approximate surface area is 118 Å². The number of hydrogen-bond acceptors (Lipinski definition) is 10. The average Bonchev–Trinajstić information content (AvgIpc) is 2.78. The van der Waals surface area contributed by atoms with Crippen molar-refractivity contribution in [2.75, 3.05) is 24.3 Å². The Hall–Kier alpha value is -3.24. The first kappa shape index (κ1) is 14.2. The third-order valence-electron chi connectivity index (χ3n) is 2.51. The first-order chi connectivity index (χ1) is 9.93. The van der Waals surface area contributed by atoms with Gasteiger partial charge in [-0.15, -0.1) is 10.2 Å². The molecule has 0 aliphatic rings. The number of aromatic nitrogens is 4. The number of methoxy groups -OCH3 is 1. The molecule has 0 aliphatic carbocycles. The van der Waals surface area contributed by atoms with E-state index in [2.05, 4.69) is 30.0 Å². The van der Waals surface area contributed by atoms with Crippen LogP contribution in [0.3, 0.4) is 0 Å². The van der Waals surface area contributed by atoms with Crippen molar-refractivity contribution in [2.45, 2.75) is 0 Å². The highest BCUT2D eigenvalue weighted by Gasteiger charge is 2.17. The summed E-state index contributed by atoms with van der Waals surface area (Å²) in [6, 6.07) is 0. The van der Waals surface area contributed by atoms with E-state index in [4.69, 9.17) is 17.2 Å². The Bertz CT molecular complexity index is 698. The van der Waals surface area contributed by atoms with Crippen LogP contribution in [-0.4, -0.2) is 32.8 Å². The van der Waals surface area contributed by atoms with E-state index >= 15 is 0 Å². The molecule has 0 unspecified atom stereocenters. The standard InChI is InChI=1S/C10H13N9O2/c1-19-8(4(3-14-19)9(20)21-2)18-17-5-6(11)15-10(13)16-7(5)12/h3H,1-2H3,(H6,11,12,13,15,16)/b18-17+. The maximum Gasteiger partial charge on any atom is 0.343 e. The van der Waals surface area contributed by atoms with Crippen molar-refractivity contribution in [3.8, 4) is 0 Å². The Morgan fingerprint density at radius 3 is 2.43 bits per heavy atom. The number of hydrogen-bond donors (Lipinski definition) is 3. The van der Waals surface area contributed by atoms with Crippen LogP contribution in [-0.2, 0) is 11.8 Å². The molecule has 0 radical (unpaired) electrons. The third kappa shape index (κ3) is 2.70. The summed E-state index contributed by atoms with van der Waals surface area (Å²) in [5.41, 5.74) is 16.9. The Kier molecular flexibility index (Phi) is 3.65. The lowest BCUT2D eigenvalue weighted by molar-refractivity contribution is 0.0601. The van der Waals surface area contributed by atoms with Gasteiger partial charge < -0.3 is 21.9 Å². The van der Waals surface area contributed by atoms with Gasteiger partial charge in [-0.05, 0) is 0 Å². The second-order valence-corrected chi connectivity index (χ2v) is 3.90. The predicted octanol–water partition coefficient (Wildman–Crippen LogP) is 0.159. The molecule has 0 fully saturated rings. The van der Waals surface area contributed by atoms with Crippen LogP contribution in [0.2, 0.25) is 0 Å². The number of nitrogen functional groups attached to an aromatic ring is 3. The second-order valence-electron chi connectivity index (χ2n) is 3.90. The van der Waals surface area contributed by atoms with Crippen molar-refractivity contribution >= 4 is 35.1 Å². The first-order valence-corrected chi connectivity index (χ1v) is 5.64. The molecular weight excluding hydrogens is 278 g/mol. The summed E-state index contributed by atoms with van der Waals surface area (Å²) >= 11 is 0. The van der Waals surface area contributed by atoms with E-state index in [1.54, 1.807) is 7.05 Å². The van der Waals surface area contributed by atoms with Gasteiger partial charge in [-0.2, -0.15) is 15.1 Å². The summed E-state index contributed by atoms with van der Waals surface area (Å²) in [4.78, 5) is 19.0. The van der Waals surface area contributed by atoms with Gasteiger partial charge in [0, 0.05) is 7.05 Å². The van der Waals surface area contributed by atoms with Crippen molar-refractivity contribution in [3.63, 3.8) is 0 Å². The highest BCUT2D eigenvalue weighted by molar-refractivity contribution is 5.93. The lowest BCUT2D eigenvalue weighted by atomic mass is 10.3. The van der Waals surface area contributed by atoms with Crippen LogP contribution in [0, 0.1) is 0 Å². The monoisotopic (exact) mass is 291 g/mol. The molecule has 11 heteroatoms. The van der Waals surface area contributed by atoms with Crippen molar-refractivity contribution < 1.29 is 9.53 Å². The molecule has 0 saturated heterocycles. The number of nitrogens with two attached hydrogens (primary N) is 3. The smallest absolute Gasteiger partial charge is 0.343 e. The highest BCUT2D eigenvalue weighted by Crippen LogP contribution is 2.29. The summed E-state index contributed by atoms with van der Waals surface area (Å²) < 4.78 is 5.97. The fourth-order valence-electron chi connectivity index (χ4n) is 1.51. The fraction of sp³-hybridized carbons (Fsp3) is 0.200. The van der Waals surface area contributed by atoms with E-state index in [-0.39, 0.29) is 34.7 Å². The Morgan fingerprint density at radius 2 is 1.86 bits per heavy atom. The number of azo groups is 1. The summed E-state index contributed by atoms with van der Waals surface area (Å²) in [6.45, 7) is 0. The van der Waals surface area contributed by atoms with Crippen LogP contribution in [0.25, 0.3) is 0 Å². The number of esters is 1. The number of anilines is 3. The third-order valence-corrected chi connectivity index (χ3v) is 2.51. The predicted molar refractivity (Wildman–Crippen MR) is 74.0 cm³/mol. The highest BCUT2D eigenvalue weighted by atomic mass is 16.5. The minimum absolute atomic E-state index is 0.0227. The maximum absolute atomic E-state index is 11.6. The summed E-state index contributed by atoms with van der Waals surface area (Å²) in [5, 5.41) is 11.7. The molecular formula is C10H13N9O2. The average molecular weight is 291 g/mol. The van der Waals surface area contributed by atoms with Crippen LogP contribution < -0.4 is 17.2 Å². The molecule has 0 bridgehead atoms. The minimum atomic E-state index is -0.591. The SMILES string of the molecule is COC(=O)c1cnn(C)c1/N=N/c1c(N)nc(N)nc1N. The lowest BCUT2D eigenvalue weighted by Crippen LogP contribution is -2.03. The molecule has 2 aromatic rings. The van der Waals surface area contributed by atoms with Gasteiger partial charge in [0.2, 0.25) is 5.95 Å². The lowest BCUT2D eigenvalue weighted by Gasteiger charge is -2.03. The first-order valence-electron chi connectivity index (χ1n) is 5.64. The molecule has 6 N–H and O–H groups in total. The largest absolute Gasteiger partial charge is 0.465 e. The molecule has 0 aromatic carbocycles. The number of carbonyl (C=O) groups is 1. The van der Waals surface area contributed by atoms with E-state index < -0.39 is 5.97 Å². The van der Waals surface area contributed by atoms with Crippen molar-refractivity contribution in [3.05, 3.63) is 11.8 Å². The molecule has 0 amide bonds. The van der Waals surface area contributed by atoms with Gasteiger partial charge in [-0.1, -0.05) is 0 Å². The molecule has 2 aromatic heterocycles. The van der Waals surface area contributed by atoms with Crippen molar-refractivity contribution in [2.24, 2.45) is 17.3 Å².